The van der Waals surface area contributed by atoms with Crippen molar-refractivity contribution in [1.29, 1.82) is 0 Å². The molecule has 0 bridgehead atoms. The number of hydrogen-bond acceptors (Lipinski definition) is 3. The van der Waals surface area contributed by atoms with Gasteiger partial charge in [-0.3, -0.25) is 0 Å². The Kier molecular flexibility index (Phi) is 3.44. The van der Waals surface area contributed by atoms with Gasteiger partial charge in [-0.15, -0.1) is 0 Å². The first kappa shape index (κ1) is 11.7. The van der Waals surface area contributed by atoms with E-state index in [0.717, 1.165) is 0 Å². The van der Waals surface area contributed by atoms with Crippen molar-refractivity contribution in [2.75, 3.05) is 5.73 Å². The first-order valence-electron chi connectivity index (χ1n) is 4.95. The van der Waals surface area contributed by atoms with Crippen LogP contribution in [0.5, 0.6) is 5.75 Å². The summed E-state index contributed by atoms with van der Waals surface area (Å²) >= 11 is 5.91. The van der Waals surface area contributed by atoms with E-state index in [2.05, 4.69) is 4.98 Å². The number of para-hydroxylation sites is 1. The van der Waals surface area contributed by atoms with Crippen LogP contribution in [-0.2, 0) is 6.61 Å². The van der Waals surface area contributed by atoms with E-state index in [4.69, 9.17) is 22.1 Å². The molecule has 2 N–H and O–H groups in total. The number of nitrogen functional groups attached to an aromatic ring is 1. The molecule has 3 nitrogen and oxygen atoms in total. The van der Waals surface area contributed by atoms with Gasteiger partial charge in [0.25, 0.3) is 0 Å². The van der Waals surface area contributed by atoms with Gasteiger partial charge in [0.1, 0.15) is 12.4 Å². The molecule has 0 aliphatic rings. The predicted molar refractivity (Wildman–Crippen MR) is 64.4 cm³/mol. The molecule has 17 heavy (non-hydrogen) atoms. The minimum absolute atomic E-state index is 0.0742. The fraction of sp³-hybridized carbons (Fsp3) is 0.0833. The van der Waals surface area contributed by atoms with Crippen molar-refractivity contribution in [3.05, 3.63) is 52.9 Å². The summed E-state index contributed by atoms with van der Waals surface area (Å²) in [5, 5.41) is 0.440. The minimum Gasteiger partial charge on any atom is -0.484 e. The van der Waals surface area contributed by atoms with Crippen LogP contribution >= 0.6 is 11.6 Å². The molecule has 0 aliphatic carbocycles. The standard InChI is InChI=1S/C12H10ClFN2O/c13-8-5-6-12(15)16-10(8)7-17-11-4-2-1-3-9(11)14/h1-6H,7H2,(H2,15,16). The summed E-state index contributed by atoms with van der Waals surface area (Å²) in [6, 6.07) is 9.36. The Morgan fingerprint density at radius 3 is 2.76 bits per heavy atom. The third kappa shape index (κ3) is 2.85. The molecule has 2 aromatic rings. The number of benzene rings is 1. The lowest BCUT2D eigenvalue weighted by Gasteiger charge is -2.08. The smallest absolute Gasteiger partial charge is 0.165 e. The fourth-order valence-corrected chi connectivity index (χ4v) is 1.47. The third-order valence-corrected chi connectivity index (χ3v) is 2.49. The Hall–Kier alpha value is -1.81. The number of pyridine rings is 1. The van der Waals surface area contributed by atoms with Crippen molar-refractivity contribution in [2.24, 2.45) is 0 Å². The van der Waals surface area contributed by atoms with Crippen molar-refractivity contribution in [2.45, 2.75) is 6.61 Å². The van der Waals surface area contributed by atoms with Crippen LogP contribution in [0.3, 0.4) is 0 Å². The highest BCUT2D eigenvalue weighted by atomic mass is 35.5. The van der Waals surface area contributed by atoms with Gasteiger partial charge in [0.15, 0.2) is 11.6 Å². The number of anilines is 1. The number of rotatable bonds is 3. The molecule has 0 saturated carbocycles. The van der Waals surface area contributed by atoms with Crippen molar-refractivity contribution in [3.8, 4) is 5.75 Å². The average Bonchev–Trinajstić information content (AvgIpc) is 2.32. The number of nitrogens with two attached hydrogens (primary N) is 1. The summed E-state index contributed by atoms with van der Waals surface area (Å²) in [7, 11) is 0. The highest BCUT2D eigenvalue weighted by Gasteiger charge is 2.06. The Morgan fingerprint density at radius 2 is 2.00 bits per heavy atom. The summed E-state index contributed by atoms with van der Waals surface area (Å²) < 4.78 is 18.6. The monoisotopic (exact) mass is 252 g/mol. The van der Waals surface area contributed by atoms with Crippen molar-refractivity contribution >= 4 is 17.4 Å². The zero-order valence-electron chi connectivity index (χ0n) is 8.86. The predicted octanol–water partition coefficient (Wildman–Crippen LogP) is 3.04. The van der Waals surface area contributed by atoms with Gasteiger partial charge >= 0.3 is 0 Å². The lowest BCUT2D eigenvalue weighted by Crippen LogP contribution is -2.02. The van der Waals surface area contributed by atoms with Crippen LogP contribution < -0.4 is 10.5 Å². The van der Waals surface area contributed by atoms with Gasteiger partial charge in [-0.05, 0) is 24.3 Å². The molecule has 0 fully saturated rings. The number of ether oxygens (including phenoxy) is 1. The Balaban J connectivity index is 2.12. The van der Waals surface area contributed by atoms with Crippen molar-refractivity contribution in [3.63, 3.8) is 0 Å². The van der Waals surface area contributed by atoms with Gasteiger partial charge in [0.05, 0.1) is 10.7 Å². The first-order valence-corrected chi connectivity index (χ1v) is 5.33. The molecule has 0 aliphatic heterocycles. The quantitative estimate of drug-likeness (QED) is 0.913. The summed E-state index contributed by atoms with van der Waals surface area (Å²) in [6.45, 7) is 0.0742. The summed E-state index contributed by atoms with van der Waals surface area (Å²) in [5.74, 6) is 0.0850. The van der Waals surface area contributed by atoms with E-state index in [1.165, 1.54) is 12.1 Å². The zero-order valence-corrected chi connectivity index (χ0v) is 9.62. The Morgan fingerprint density at radius 1 is 1.24 bits per heavy atom. The molecule has 0 amide bonds. The second-order valence-corrected chi connectivity index (χ2v) is 3.79. The molecular formula is C12H10ClFN2O. The van der Waals surface area contributed by atoms with E-state index < -0.39 is 5.82 Å². The van der Waals surface area contributed by atoms with Gasteiger partial charge in [0.2, 0.25) is 0 Å². The van der Waals surface area contributed by atoms with E-state index in [0.29, 0.717) is 16.5 Å². The van der Waals surface area contributed by atoms with Crippen LogP contribution in [0.15, 0.2) is 36.4 Å². The molecule has 1 aromatic carbocycles. The summed E-state index contributed by atoms with van der Waals surface area (Å²) in [4.78, 5) is 4.02. The van der Waals surface area contributed by atoms with Gasteiger partial charge in [0, 0.05) is 0 Å². The van der Waals surface area contributed by atoms with E-state index >= 15 is 0 Å². The van der Waals surface area contributed by atoms with E-state index in [-0.39, 0.29) is 12.4 Å². The molecule has 88 valence electrons. The normalized spacial score (nSPS) is 10.2. The van der Waals surface area contributed by atoms with E-state index in [9.17, 15) is 4.39 Å². The fourth-order valence-electron chi connectivity index (χ4n) is 1.31. The van der Waals surface area contributed by atoms with Gasteiger partial charge in [-0.25, -0.2) is 9.37 Å². The molecule has 1 heterocycles. The number of hydrogen-bond donors (Lipinski definition) is 1. The maximum atomic E-state index is 13.3. The molecule has 1 aromatic heterocycles. The molecule has 0 radical (unpaired) electrons. The average molecular weight is 253 g/mol. The van der Waals surface area contributed by atoms with Crippen molar-refractivity contribution in [1.82, 2.24) is 4.98 Å². The Bertz CT molecular complexity index is 534. The molecule has 0 atom stereocenters. The molecule has 0 spiro atoms. The van der Waals surface area contributed by atoms with Crippen LogP contribution in [0.2, 0.25) is 5.02 Å². The van der Waals surface area contributed by atoms with E-state index in [1.807, 2.05) is 0 Å². The van der Waals surface area contributed by atoms with Crippen LogP contribution in [-0.4, -0.2) is 4.98 Å². The third-order valence-electron chi connectivity index (χ3n) is 2.14. The molecule has 0 unspecified atom stereocenters. The SMILES string of the molecule is Nc1ccc(Cl)c(COc2ccccc2F)n1. The van der Waals surface area contributed by atoms with Crippen LogP contribution in [0.4, 0.5) is 10.2 Å². The van der Waals surface area contributed by atoms with E-state index in [1.54, 1.807) is 24.3 Å². The lowest BCUT2D eigenvalue weighted by molar-refractivity contribution is 0.286. The van der Waals surface area contributed by atoms with Crippen LogP contribution in [0.25, 0.3) is 0 Å². The summed E-state index contributed by atoms with van der Waals surface area (Å²) in [5.41, 5.74) is 6.01. The lowest BCUT2D eigenvalue weighted by atomic mass is 10.3. The topological polar surface area (TPSA) is 48.1 Å². The molecule has 5 heteroatoms. The van der Waals surface area contributed by atoms with Gasteiger partial charge in [-0.1, -0.05) is 23.7 Å². The maximum absolute atomic E-state index is 13.3. The number of halogens is 2. The molecule has 2 rings (SSSR count). The maximum Gasteiger partial charge on any atom is 0.165 e. The summed E-state index contributed by atoms with van der Waals surface area (Å²) in [6.07, 6.45) is 0. The highest BCUT2D eigenvalue weighted by molar-refractivity contribution is 6.31. The second kappa shape index (κ2) is 5.01. The largest absolute Gasteiger partial charge is 0.484 e. The van der Waals surface area contributed by atoms with Gasteiger partial charge in [-0.2, -0.15) is 0 Å². The highest BCUT2D eigenvalue weighted by Crippen LogP contribution is 2.20. The zero-order chi connectivity index (χ0) is 12.3. The van der Waals surface area contributed by atoms with Crippen LogP contribution in [0.1, 0.15) is 5.69 Å². The van der Waals surface area contributed by atoms with Crippen molar-refractivity contribution < 1.29 is 9.13 Å². The Labute approximate surface area is 103 Å². The number of nitrogens with zero attached hydrogens (tertiary/aromatic N) is 1. The molecular weight excluding hydrogens is 243 g/mol. The minimum atomic E-state index is -0.424. The number of aromatic nitrogens is 1. The second-order valence-electron chi connectivity index (χ2n) is 3.38. The molecule has 0 saturated heterocycles. The first-order chi connectivity index (χ1) is 8.16. The van der Waals surface area contributed by atoms with Crippen LogP contribution in [0, 0.1) is 5.82 Å². The van der Waals surface area contributed by atoms with Gasteiger partial charge < -0.3 is 10.5 Å².